The summed E-state index contributed by atoms with van der Waals surface area (Å²) < 4.78 is 1.92. The molecule has 4 aromatic rings. The largest absolute Gasteiger partial charge is 0.868 e. The van der Waals surface area contributed by atoms with Crippen molar-refractivity contribution in [3.8, 4) is 5.75 Å². The Kier molecular flexibility index (Phi) is 3.07. The fourth-order valence-corrected chi connectivity index (χ4v) is 3.52. The van der Waals surface area contributed by atoms with E-state index in [9.17, 15) is 20.0 Å². The van der Waals surface area contributed by atoms with Crippen LogP contribution in [0.15, 0.2) is 47.3 Å². The lowest BCUT2D eigenvalue weighted by molar-refractivity contribution is -0.398. The topological polar surface area (TPSA) is 101 Å². The van der Waals surface area contributed by atoms with Gasteiger partial charge in [0.25, 0.3) is 11.2 Å². The van der Waals surface area contributed by atoms with Crippen molar-refractivity contribution in [2.45, 2.75) is 0 Å². The van der Waals surface area contributed by atoms with Crippen molar-refractivity contribution in [1.29, 1.82) is 0 Å². The number of aromatic nitrogens is 2. The van der Waals surface area contributed by atoms with Crippen molar-refractivity contribution in [1.82, 2.24) is 9.38 Å². The highest BCUT2D eigenvalue weighted by atomic mass is 32.1. The highest BCUT2D eigenvalue weighted by Gasteiger charge is 2.11. The number of hydrogen-bond donors (Lipinski definition) is 0. The van der Waals surface area contributed by atoms with E-state index in [1.165, 1.54) is 33.9 Å². The molecule has 0 N–H and O–H groups in total. The zero-order chi connectivity index (χ0) is 16.8. The fourth-order valence-electron chi connectivity index (χ4n) is 2.53. The monoisotopic (exact) mass is 338 g/mol. The lowest BCUT2D eigenvalue weighted by Gasteiger charge is -2.05. The van der Waals surface area contributed by atoms with Gasteiger partial charge in [0, 0.05) is 6.07 Å². The van der Waals surface area contributed by atoms with Crippen LogP contribution in [0.3, 0.4) is 0 Å². The van der Waals surface area contributed by atoms with Gasteiger partial charge in [0.1, 0.15) is 0 Å². The molecule has 0 amide bonds. The summed E-state index contributed by atoms with van der Waals surface area (Å²) in [5, 5.41) is 22.3. The minimum absolute atomic E-state index is 0.238. The Bertz CT molecular complexity index is 1230. The average molecular weight is 338 g/mol. The number of nitrogens with zero attached hydrogens (tertiary/aromatic N) is 3. The fraction of sp³-hybridized carbons (Fsp3) is 0. The molecule has 7 nitrogen and oxygen atoms in total. The lowest BCUT2D eigenvalue weighted by Crippen LogP contribution is -2.22. The molecule has 24 heavy (non-hydrogen) atoms. The third-order valence-corrected chi connectivity index (χ3v) is 4.59. The maximum absolute atomic E-state index is 12.6. The van der Waals surface area contributed by atoms with E-state index in [4.69, 9.17) is 0 Å². The minimum Gasteiger partial charge on any atom is -0.868 e. The van der Waals surface area contributed by atoms with Crippen molar-refractivity contribution < 1.29 is 10.0 Å². The molecule has 2 aromatic heterocycles. The van der Waals surface area contributed by atoms with Crippen LogP contribution in [0.5, 0.6) is 5.75 Å². The van der Waals surface area contributed by atoms with Crippen LogP contribution >= 0.6 is 11.3 Å². The van der Waals surface area contributed by atoms with E-state index in [0.29, 0.717) is 20.6 Å². The summed E-state index contributed by atoms with van der Waals surface area (Å²) in [7, 11) is 0. The molecule has 4 rings (SSSR count). The normalized spacial score (nSPS) is 12.2. The highest BCUT2D eigenvalue weighted by Crippen LogP contribution is 2.24. The molecule has 2 aromatic carbocycles. The molecule has 0 aliphatic heterocycles. The molecule has 2 heterocycles. The van der Waals surface area contributed by atoms with Gasteiger partial charge in [0.15, 0.2) is 4.96 Å². The van der Waals surface area contributed by atoms with E-state index < -0.39 is 16.4 Å². The van der Waals surface area contributed by atoms with E-state index in [0.717, 1.165) is 11.6 Å². The molecule has 0 aliphatic carbocycles. The molecule has 0 radical (unpaired) electrons. The summed E-state index contributed by atoms with van der Waals surface area (Å²) in [5.74, 6) is -0.661. The second-order valence-corrected chi connectivity index (χ2v) is 6.13. The maximum atomic E-state index is 12.6. The third kappa shape index (κ3) is 2.12. The predicted molar refractivity (Wildman–Crippen MR) is 88.2 cm³/mol. The maximum Gasteiger partial charge on any atom is 0.274 e. The van der Waals surface area contributed by atoms with Crippen LogP contribution in [0.4, 0.5) is 5.69 Å². The van der Waals surface area contributed by atoms with Crippen LogP contribution in [0, 0.1) is 10.1 Å². The Balaban J connectivity index is 1.95. The zero-order valence-corrected chi connectivity index (χ0v) is 12.8. The first kappa shape index (κ1) is 14.3. The van der Waals surface area contributed by atoms with Gasteiger partial charge in [-0.1, -0.05) is 35.6 Å². The number of para-hydroxylation sites is 2. The second-order valence-electron chi connectivity index (χ2n) is 5.12. The molecule has 0 atom stereocenters. The third-order valence-electron chi connectivity index (χ3n) is 3.62. The summed E-state index contributed by atoms with van der Waals surface area (Å²) in [4.78, 5) is 27.7. The SMILES string of the molecule is O=c1/c(=C\c2ccc([O-])c([N+](=O)[O-])c2)sc2nc3ccccc3n12. The van der Waals surface area contributed by atoms with Crippen LogP contribution in [0.2, 0.25) is 0 Å². The Morgan fingerprint density at radius 1 is 1.21 bits per heavy atom. The highest BCUT2D eigenvalue weighted by molar-refractivity contribution is 7.15. The molecule has 0 unspecified atom stereocenters. The van der Waals surface area contributed by atoms with E-state index in [2.05, 4.69) is 4.98 Å². The van der Waals surface area contributed by atoms with Gasteiger partial charge in [0.05, 0.1) is 20.5 Å². The van der Waals surface area contributed by atoms with Gasteiger partial charge >= 0.3 is 0 Å². The van der Waals surface area contributed by atoms with Crippen molar-refractivity contribution in [3.05, 3.63) is 73.0 Å². The van der Waals surface area contributed by atoms with Gasteiger partial charge < -0.3 is 5.11 Å². The van der Waals surface area contributed by atoms with Crippen LogP contribution in [0.1, 0.15) is 5.56 Å². The molecule has 8 heteroatoms. The molecular weight excluding hydrogens is 330 g/mol. The van der Waals surface area contributed by atoms with Gasteiger partial charge in [-0.05, 0) is 29.5 Å². The quantitative estimate of drug-likeness (QED) is 0.407. The number of nitro groups is 1. The number of rotatable bonds is 2. The van der Waals surface area contributed by atoms with E-state index in [1.54, 1.807) is 0 Å². The molecular formula is C16H8N3O4S-. The minimum atomic E-state index is -0.730. The summed E-state index contributed by atoms with van der Waals surface area (Å²) in [6.07, 6.45) is 1.53. The Hall–Kier alpha value is -3.26. The van der Waals surface area contributed by atoms with E-state index >= 15 is 0 Å². The van der Waals surface area contributed by atoms with E-state index in [1.807, 2.05) is 24.3 Å². The summed E-state index contributed by atoms with van der Waals surface area (Å²) >= 11 is 1.20. The summed E-state index contributed by atoms with van der Waals surface area (Å²) in [5.41, 5.74) is 1.13. The average Bonchev–Trinajstić information content (AvgIpc) is 3.06. The number of fused-ring (bicyclic) bond motifs is 3. The number of benzene rings is 2. The van der Waals surface area contributed by atoms with Crippen LogP contribution in [0.25, 0.3) is 22.1 Å². The second kappa shape index (κ2) is 5.14. The zero-order valence-electron chi connectivity index (χ0n) is 12.0. The number of thiazole rings is 1. The standard InChI is InChI=1S/C16H9N3O4S/c20-13-6-5-9(7-12(13)19(22)23)8-14-15(21)18-11-4-2-1-3-10(11)17-16(18)24-14/h1-8,20H/p-1/b14-8+. The predicted octanol–water partition coefficient (Wildman–Crippen LogP) is 1.44. The number of imidazole rings is 1. The molecule has 0 bridgehead atoms. The van der Waals surface area contributed by atoms with Crippen molar-refractivity contribution in [2.24, 2.45) is 0 Å². The smallest absolute Gasteiger partial charge is 0.274 e. The molecule has 0 spiro atoms. The molecule has 0 aliphatic rings. The summed E-state index contributed by atoms with van der Waals surface area (Å²) in [6.45, 7) is 0. The number of nitro benzene ring substituents is 1. The van der Waals surface area contributed by atoms with Crippen LogP contribution < -0.4 is 15.2 Å². The van der Waals surface area contributed by atoms with Crippen LogP contribution in [-0.2, 0) is 0 Å². The first-order chi connectivity index (χ1) is 11.5. The first-order valence-corrected chi connectivity index (χ1v) is 7.73. The van der Waals surface area contributed by atoms with Gasteiger partial charge in [-0.2, -0.15) is 0 Å². The van der Waals surface area contributed by atoms with Crippen LogP contribution in [-0.4, -0.2) is 14.3 Å². The Morgan fingerprint density at radius 3 is 2.79 bits per heavy atom. The summed E-state index contributed by atoms with van der Waals surface area (Å²) in [6, 6.07) is 11.1. The van der Waals surface area contributed by atoms with Gasteiger partial charge in [0.2, 0.25) is 0 Å². The van der Waals surface area contributed by atoms with Gasteiger partial charge in [-0.25, -0.2) is 9.38 Å². The Labute approximate surface area is 137 Å². The van der Waals surface area contributed by atoms with Crippen molar-refractivity contribution in [2.75, 3.05) is 0 Å². The van der Waals surface area contributed by atoms with Crippen molar-refractivity contribution in [3.63, 3.8) is 0 Å². The Morgan fingerprint density at radius 2 is 2.00 bits per heavy atom. The van der Waals surface area contributed by atoms with Crippen molar-refractivity contribution >= 4 is 39.1 Å². The lowest BCUT2D eigenvalue weighted by atomic mass is 10.2. The van der Waals surface area contributed by atoms with E-state index in [-0.39, 0.29) is 5.56 Å². The van der Waals surface area contributed by atoms with Gasteiger partial charge in [-0.15, -0.1) is 0 Å². The first-order valence-electron chi connectivity index (χ1n) is 6.92. The number of hydrogen-bond acceptors (Lipinski definition) is 6. The molecule has 118 valence electrons. The van der Waals surface area contributed by atoms with Gasteiger partial charge in [-0.3, -0.25) is 14.9 Å². The molecule has 0 saturated carbocycles. The molecule has 0 fully saturated rings. The molecule has 0 saturated heterocycles.